The number of rotatable bonds is 7. The van der Waals surface area contributed by atoms with E-state index >= 15 is 0 Å². The molecule has 36 heavy (non-hydrogen) atoms. The zero-order valence-corrected chi connectivity index (χ0v) is 20.2. The number of piperidine rings is 1. The molecule has 1 aromatic rings. The number of aliphatic hydroxyl groups excluding tert-OH is 1. The maximum Gasteiger partial charge on any atom is 0.344 e. The van der Waals surface area contributed by atoms with Crippen LogP contribution in [0, 0.1) is 0 Å². The average Bonchev–Trinajstić information content (AvgIpc) is 3.18. The van der Waals surface area contributed by atoms with Crippen molar-refractivity contribution in [3.8, 4) is 11.5 Å². The summed E-state index contributed by atoms with van der Waals surface area (Å²) in [6, 6.07) is 3.63. The van der Waals surface area contributed by atoms with Gasteiger partial charge in [-0.2, -0.15) is 0 Å². The molecule has 1 aromatic carbocycles. The predicted molar refractivity (Wildman–Crippen MR) is 121 cm³/mol. The van der Waals surface area contributed by atoms with Crippen LogP contribution in [0.1, 0.15) is 37.3 Å². The summed E-state index contributed by atoms with van der Waals surface area (Å²) in [5.41, 5.74) is -0.155. The van der Waals surface area contributed by atoms with E-state index < -0.39 is 53.7 Å². The SMILES string of the molecule is COc1ccc2c3c1O[C@@H]1C(OC(=O)[C@@H](O)CC(=O)O[C@@H](C)C(=O)O)=CC[C@]4(O)[C@H](C2)N(C)CC[C@@]314. The number of carbonyl (C=O) groups is 3. The Labute approximate surface area is 207 Å². The van der Waals surface area contributed by atoms with E-state index in [1.54, 1.807) is 6.08 Å². The molecule has 3 N–H and O–H groups in total. The van der Waals surface area contributed by atoms with Gasteiger partial charge in [0.2, 0.25) is 0 Å². The molecule has 194 valence electrons. The third-order valence-corrected chi connectivity index (χ3v) is 8.06. The standard InChI is InChI=1S/C25H29NO10/c1-12(22(29)30)34-18(28)11-14(27)23(31)35-16-6-7-25(32)17-10-13-4-5-15(33-3)20-19(13)24(25,21(16)36-20)8-9-26(17)2/h4-6,12,14,17,21,27,32H,7-11H2,1-3H3,(H,29,30)/t12-,14-,17-,21+,24+,25-/m0/s1. The number of likely N-dealkylation sites (tertiary alicyclic amines) is 1. The first-order valence-electron chi connectivity index (χ1n) is 11.8. The van der Waals surface area contributed by atoms with Crippen molar-refractivity contribution in [2.75, 3.05) is 20.7 Å². The van der Waals surface area contributed by atoms with E-state index in [-0.39, 0.29) is 18.2 Å². The number of esters is 2. The number of carboxylic acids is 1. The molecule has 5 rings (SSSR count). The van der Waals surface area contributed by atoms with Crippen LogP contribution in [0.4, 0.5) is 0 Å². The Bertz CT molecular complexity index is 1160. The highest BCUT2D eigenvalue weighted by Crippen LogP contribution is 2.65. The van der Waals surface area contributed by atoms with E-state index in [4.69, 9.17) is 19.3 Å². The molecule has 1 fully saturated rings. The van der Waals surface area contributed by atoms with Crippen molar-refractivity contribution in [3.05, 3.63) is 35.1 Å². The molecule has 11 heteroatoms. The Hall–Kier alpha value is -3.15. The molecular formula is C25H29NO10. The first-order valence-corrected chi connectivity index (χ1v) is 11.8. The van der Waals surface area contributed by atoms with Gasteiger partial charge in [0.05, 0.1) is 24.5 Å². The van der Waals surface area contributed by atoms with Crippen LogP contribution >= 0.6 is 0 Å². The highest BCUT2D eigenvalue weighted by Gasteiger charge is 2.72. The Balaban J connectivity index is 1.44. The second kappa shape index (κ2) is 8.46. The maximum atomic E-state index is 12.7. The summed E-state index contributed by atoms with van der Waals surface area (Å²) >= 11 is 0. The van der Waals surface area contributed by atoms with Gasteiger partial charge in [0.15, 0.2) is 29.8 Å². The summed E-state index contributed by atoms with van der Waals surface area (Å²) < 4.78 is 22.1. The molecule has 0 unspecified atom stereocenters. The number of hydrogen-bond acceptors (Lipinski definition) is 10. The van der Waals surface area contributed by atoms with E-state index in [0.717, 1.165) is 18.1 Å². The van der Waals surface area contributed by atoms with Crippen molar-refractivity contribution in [2.24, 2.45) is 0 Å². The van der Waals surface area contributed by atoms with Crippen molar-refractivity contribution in [3.63, 3.8) is 0 Å². The first kappa shape index (κ1) is 24.5. The van der Waals surface area contributed by atoms with E-state index in [2.05, 4.69) is 9.64 Å². The lowest BCUT2D eigenvalue weighted by Gasteiger charge is -2.61. The van der Waals surface area contributed by atoms with Crippen LogP contribution in [-0.4, -0.2) is 88.8 Å². The minimum atomic E-state index is -1.87. The van der Waals surface area contributed by atoms with Gasteiger partial charge in [-0.3, -0.25) is 4.79 Å². The van der Waals surface area contributed by atoms with Crippen LogP contribution in [0.2, 0.25) is 0 Å². The summed E-state index contributed by atoms with van der Waals surface area (Å²) in [6.45, 7) is 1.86. The van der Waals surface area contributed by atoms with Gasteiger partial charge in [-0.05, 0) is 51.1 Å². The molecule has 0 aromatic heterocycles. The third-order valence-electron chi connectivity index (χ3n) is 8.06. The summed E-state index contributed by atoms with van der Waals surface area (Å²) in [6.07, 6.45) is -1.91. The number of carbonyl (C=O) groups excluding carboxylic acids is 2. The van der Waals surface area contributed by atoms with E-state index in [1.807, 2.05) is 19.2 Å². The minimum Gasteiger partial charge on any atom is -0.493 e. The first-order chi connectivity index (χ1) is 17.0. The number of hydrogen-bond donors (Lipinski definition) is 3. The van der Waals surface area contributed by atoms with Crippen LogP contribution < -0.4 is 9.47 Å². The van der Waals surface area contributed by atoms with Gasteiger partial charge in [0, 0.05) is 18.0 Å². The fraction of sp³-hybridized carbons (Fsp3) is 0.560. The number of nitrogens with zero attached hydrogens (tertiary/aromatic N) is 1. The summed E-state index contributed by atoms with van der Waals surface area (Å²) in [5.74, 6) is -2.34. The van der Waals surface area contributed by atoms with Crippen molar-refractivity contribution >= 4 is 17.9 Å². The van der Waals surface area contributed by atoms with Gasteiger partial charge in [-0.15, -0.1) is 0 Å². The Kier molecular flexibility index (Phi) is 5.77. The van der Waals surface area contributed by atoms with Crippen LogP contribution in [0.25, 0.3) is 0 Å². The van der Waals surface area contributed by atoms with Crippen molar-refractivity contribution in [2.45, 2.75) is 68.0 Å². The van der Waals surface area contributed by atoms with Gasteiger partial charge in [-0.1, -0.05) is 6.07 Å². The van der Waals surface area contributed by atoms with E-state index in [9.17, 15) is 24.6 Å². The maximum absolute atomic E-state index is 12.7. The number of benzene rings is 1. The molecule has 2 bridgehead atoms. The van der Waals surface area contributed by atoms with Crippen molar-refractivity contribution in [1.29, 1.82) is 0 Å². The van der Waals surface area contributed by atoms with E-state index in [1.165, 1.54) is 7.11 Å². The molecule has 0 amide bonds. The second-order valence-corrected chi connectivity index (χ2v) is 9.90. The lowest BCUT2D eigenvalue weighted by Crippen LogP contribution is -2.74. The molecule has 2 aliphatic carbocycles. The van der Waals surface area contributed by atoms with Gasteiger partial charge in [0.1, 0.15) is 5.76 Å². The molecular weight excluding hydrogens is 474 g/mol. The number of aliphatic carboxylic acids is 1. The molecule has 11 nitrogen and oxygen atoms in total. The highest BCUT2D eigenvalue weighted by molar-refractivity contribution is 5.84. The Morgan fingerprint density at radius 1 is 1.31 bits per heavy atom. The second-order valence-electron chi connectivity index (χ2n) is 9.90. The molecule has 6 atom stereocenters. The Morgan fingerprint density at radius 3 is 2.75 bits per heavy atom. The summed E-state index contributed by atoms with van der Waals surface area (Å²) in [7, 11) is 3.51. The highest BCUT2D eigenvalue weighted by atomic mass is 16.6. The summed E-state index contributed by atoms with van der Waals surface area (Å²) in [5, 5.41) is 31.3. The van der Waals surface area contributed by atoms with Gasteiger partial charge >= 0.3 is 17.9 Å². The minimum absolute atomic E-state index is 0.144. The van der Waals surface area contributed by atoms with Crippen LogP contribution in [0.5, 0.6) is 11.5 Å². The lowest BCUT2D eigenvalue weighted by molar-refractivity contribution is -0.174. The van der Waals surface area contributed by atoms with Gasteiger partial charge < -0.3 is 39.2 Å². The zero-order chi connectivity index (χ0) is 26.0. The Morgan fingerprint density at radius 2 is 2.06 bits per heavy atom. The number of methoxy groups -OCH3 is 1. The lowest BCUT2D eigenvalue weighted by atomic mass is 9.50. The van der Waals surface area contributed by atoms with Crippen molar-refractivity contribution < 1.29 is 48.7 Å². The van der Waals surface area contributed by atoms with Crippen LogP contribution in [-0.2, 0) is 35.7 Å². The smallest absolute Gasteiger partial charge is 0.344 e. The van der Waals surface area contributed by atoms with Crippen LogP contribution in [0.15, 0.2) is 24.0 Å². The fourth-order valence-corrected chi connectivity index (χ4v) is 6.31. The molecule has 1 spiro atoms. The molecule has 4 aliphatic rings. The number of aliphatic hydroxyl groups is 2. The largest absolute Gasteiger partial charge is 0.493 e. The molecule has 1 saturated heterocycles. The number of ether oxygens (including phenoxy) is 4. The topological polar surface area (TPSA) is 152 Å². The van der Waals surface area contributed by atoms with Gasteiger partial charge in [0.25, 0.3) is 0 Å². The fourth-order valence-electron chi connectivity index (χ4n) is 6.31. The average molecular weight is 504 g/mol. The summed E-state index contributed by atoms with van der Waals surface area (Å²) in [4.78, 5) is 37.7. The van der Waals surface area contributed by atoms with Gasteiger partial charge in [-0.25, -0.2) is 9.59 Å². The zero-order valence-electron chi connectivity index (χ0n) is 20.2. The molecule has 0 saturated carbocycles. The quantitative estimate of drug-likeness (QED) is 0.440. The van der Waals surface area contributed by atoms with Crippen molar-refractivity contribution in [1.82, 2.24) is 4.90 Å². The monoisotopic (exact) mass is 503 g/mol. The normalized spacial score (nSPS) is 31.3. The third kappa shape index (κ3) is 3.33. The van der Waals surface area contributed by atoms with Crippen LogP contribution in [0.3, 0.4) is 0 Å². The molecule has 0 radical (unpaired) electrons. The molecule has 2 heterocycles. The van der Waals surface area contributed by atoms with E-state index in [0.29, 0.717) is 30.9 Å². The molecule has 2 aliphatic heterocycles. The predicted octanol–water partition coefficient (Wildman–Crippen LogP) is 0.283. The number of likely N-dealkylation sites (N-methyl/N-ethyl adjacent to an activating group) is 1. The number of carboxylic acid groups (broad SMARTS) is 1.